The second kappa shape index (κ2) is 3.20. The molecule has 0 atom stereocenters. The minimum absolute atomic E-state index is 0.179. The van der Waals surface area contributed by atoms with Crippen molar-refractivity contribution in [3.63, 3.8) is 0 Å². The van der Waals surface area contributed by atoms with Crippen LogP contribution in [0.15, 0.2) is 24.3 Å². The summed E-state index contributed by atoms with van der Waals surface area (Å²) in [4.78, 5) is 15.3. The van der Waals surface area contributed by atoms with E-state index < -0.39 is 5.97 Å². The molecule has 0 fully saturated rings. The van der Waals surface area contributed by atoms with Crippen LogP contribution in [0.5, 0.6) is 0 Å². The minimum atomic E-state index is -0.953. The average Bonchev–Trinajstić information content (AvgIpc) is 2.76. The number of pyridine rings is 1. The second-order valence-electron chi connectivity index (χ2n) is 3.81. The molecule has 0 amide bonds. The zero-order valence-electron chi connectivity index (χ0n) is 8.53. The number of anilines is 1. The van der Waals surface area contributed by atoms with Crippen molar-refractivity contribution in [2.45, 2.75) is 6.42 Å². The van der Waals surface area contributed by atoms with Crippen molar-refractivity contribution in [1.29, 1.82) is 0 Å². The molecular formula is C12H10N2O2. The Balaban J connectivity index is 2.42. The third kappa shape index (κ3) is 1.16. The fraction of sp³-hybridized carbons (Fsp3) is 0.167. The van der Waals surface area contributed by atoms with E-state index in [0.717, 1.165) is 35.1 Å². The SMILES string of the molecule is O=C(O)c1nc2ccccc2c2c1CCN2. The number of carboxylic acid groups (broad SMARTS) is 1. The summed E-state index contributed by atoms with van der Waals surface area (Å²) in [7, 11) is 0. The highest BCUT2D eigenvalue weighted by Crippen LogP contribution is 2.32. The first kappa shape index (κ1) is 9.15. The summed E-state index contributed by atoms with van der Waals surface area (Å²) in [6, 6.07) is 7.60. The van der Waals surface area contributed by atoms with Crippen molar-refractivity contribution in [3.8, 4) is 0 Å². The molecule has 2 heterocycles. The lowest BCUT2D eigenvalue weighted by Crippen LogP contribution is -2.05. The molecule has 0 radical (unpaired) electrons. The van der Waals surface area contributed by atoms with Crippen LogP contribution in [-0.4, -0.2) is 22.6 Å². The van der Waals surface area contributed by atoms with Gasteiger partial charge >= 0.3 is 5.97 Å². The van der Waals surface area contributed by atoms with Gasteiger partial charge in [0.05, 0.1) is 5.52 Å². The Hall–Kier alpha value is -2.10. The number of carbonyl (C=O) groups is 1. The topological polar surface area (TPSA) is 62.2 Å². The zero-order valence-corrected chi connectivity index (χ0v) is 8.53. The van der Waals surface area contributed by atoms with Crippen molar-refractivity contribution >= 4 is 22.6 Å². The number of rotatable bonds is 1. The van der Waals surface area contributed by atoms with Crippen LogP contribution in [0.4, 0.5) is 5.69 Å². The summed E-state index contributed by atoms with van der Waals surface area (Å²) < 4.78 is 0. The fourth-order valence-corrected chi connectivity index (χ4v) is 2.19. The molecule has 1 aromatic heterocycles. The molecule has 2 N–H and O–H groups in total. The monoisotopic (exact) mass is 214 g/mol. The Bertz CT molecular complexity index is 593. The van der Waals surface area contributed by atoms with E-state index in [1.165, 1.54) is 0 Å². The molecule has 0 saturated carbocycles. The van der Waals surface area contributed by atoms with Crippen molar-refractivity contribution in [2.75, 3.05) is 11.9 Å². The number of benzene rings is 1. The quantitative estimate of drug-likeness (QED) is 0.761. The Labute approximate surface area is 91.9 Å². The third-order valence-electron chi connectivity index (χ3n) is 2.87. The average molecular weight is 214 g/mol. The maximum absolute atomic E-state index is 11.1. The standard InChI is InChI=1S/C12H10N2O2/c15-12(16)11-8-5-6-13-10(8)7-3-1-2-4-9(7)14-11/h1-4,13H,5-6H2,(H,15,16). The lowest BCUT2D eigenvalue weighted by atomic mass is 10.1. The van der Waals surface area contributed by atoms with E-state index in [9.17, 15) is 4.79 Å². The molecule has 16 heavy (non-hydrogen) atoms. The van der Waals surface area contributed by atoms with E-state index >= 15 is 0 Å². The normalized spacial score (nSPS) is 13.5. The van der Waals surface area contributed by atoms with Gasteiger partial charge in [-0.3, -0.25) is 0 Å². The summed E-state index contributed by atoms with van der Waals surface area (Å²) >= 11 is 0. The summed E-state index contributed by atoms with van der Waals surface area (Å²) in [6.07, 6.45) is 0.731. The van der Waals surface area contributed by atoms with Crippen molar-refractivity contribution in [2.24, 2.45) is 0 Å². The number of hydrogen-bond acceptors (Lipinski definition) is 3. The number of fused-ring (bicyclic) bond motifs is 3. The van der Waals surface area contributed by atoms with Crippen molar-refractivity contribution in [1.82, 2.24) is 4.98 Å². The Morgan fingerprint density at radius 1 is 1.38 bits per heavy atom. The highest BCUT2D eigenvalue weighted by atomic mass is 16.4. The van der Waals surface area contributed by atoms with Gasteiger partial charge in [0.25, 0.3) is 0 Å². The summed E-state index contributed by atoms with van der Waals surface area (Å²) in [5.74, 6) is -0.953. The number of aromatic carboxylic acids is 1. The van der Waals surface area contributed by atoms with Crippen LogP contribution in [0.3, 0.4) is 0 Å². The predicted octanol–water partition coefficient (Wildman–Crippen LogP) is 1.90. The van der Waals surface area contributed by atoms with Gasteiger partial charge in [0.1, 0.15) is 0 Å². The third-order valence-corrected chi connectivity index (χ3v) is 2.87. The molecule has 2 aromatic rings. The maximum atomic E-state index is 11.1. The van der Waals surface area contributed by atoms with E-state index in [1.807, 2.05) is 24.3 Å². The molecule has 0 aliphatic carbocycles. The van der Waals surface area contributed by atoms with Crippen LogP contribution in [-0.2, 0) is 6.42 Å². The lowest BCUT2D eigenvalue weighted by Gasteiger charge is -2.07. The number of para-hydroxylation sites is 1. The molecular weight excluding hydrogens is 204 g/mol. The molecule has 1 aliphatic heterocycles. The second-order valence-corrected chi connectivity index (χ2v) is 3.81. The molecule has 4 nitrogen and oxygen atoms in total. The number of nitrogens with zero attached hydrogens (tertiary/aromatic N) is 1. The number of carboxylic acids is 1. The van der Waals surface area contributed by atoms with Gasteiger partial charge in [-0.25, -0.2) is 9.78 Å². The van der Waals surface area contributed by atoms with Gasteiger partial charge in [0.15, 0.2) is 5.69 Å². The Morgan fingerprint density at radius 3 is 3.00 bits per heavy atom. The van der Waals surface area contributed by atoms with E-state index in [4.69, 9.17) is 5.11 Å². The molecule has 3 rings (SSSR count). The van der Waals surface area contributed by atoms with Gasteiger partial charge in [0.2, 0.25) is 0 Å². The predicted molar refractivity (Wildman–Crippen MR) is 60.9 cm³/mol. The molecule has 0 saturated heterocycles. The van der Waals surface area contributed by atoms with Crippen LogP contribution >= 0.6 is 0 Å². The van der Waals surface area contributed by atoms with Gasteiger partial charge in [-0.2, -0.15) is 0 Å². The molecule has 80 valence electrons. The van der Waals surface area contributed by atoms with Crippen molar-refractivity contribution in [3.05, 3.63) is 35.5 Å². The van der Waals surface area contributed by atoms with E-state index in [2.05, 4.69) is 10.3 Å². The van der Waals surface area contributed by atoms with Crippen LogP contribution < -0.4 is 5.32 Å². The minimum Gasteiger partial charge on any atom is -0.477 e. The van der Waals surface area contributed by atoms with E-state index in [-0.39, 0.29) is 5.69 Å². The van der Waals surface area contributed by atoms with Crippen LogP contribution in [0.2, 0.25) is 0 Å². The van der Waals surface area contributed by atoms with Gasteiger partial charge in [-0.15, -0.1) is 0 Å². The van der Waals surface area contributed by atoms with E-state index in [0.29, 0.717) is 0 Å². The maximum Gasteiger partial charge on any atom is 0.354 e. The van der Waals surface area contributed by atoms with Gasteiger partial charge in [0, 0.05) is 23.2 Å². The Kier molecular flexibility index (Phi) is 1.83. The number of aromatic nitrogens is 1. The summed E-state index contributed by atoms with van der Waals surface area (Å²) in [6.45, 7) is 0.783. The van der Waals surface area contributed by atoms with Crippen molar-refractivity contribution < 1.29 is 9.90 Å². The highest BCUT2D eigenvalue weighted by Gasteiger charge is 2.22. The van der Waals surface area contributed by atoms with E-state index in [1.54, 1.807) is 0 Å². The lowest BCUT2D eigenvalue weighted by molar-refractivity contribution is 0.0690. The first-order valence-corrected chi connectivity index (χ1v) is 5.16. The molecule has 4 heteroatoms. The van der Waals surface area contributed by atoms with Gasteiger partial charge in [-0.1, -0.05) is 18.2 Å². The zero-order chi connectivity index (χ0) is 11.1. The molecule has 0 spiro atoms. The Morgan fingerprint density at radius 2 is 2.19 bits per heavy atom. The summed E-state index contributed by atoms with van der Waals surface area (Å²) in [5, 5.41) is 13.4. The molecule has 0 bridgehead atoms. The molecule has 1 aliphatic rings. The van der Waals surface area contributed by atoms with Gasteiger partial charge in [-0.05, 0) is 12.5 Å². The number of hydrogen-bond donors (Lipinski definition) is 2. The van der Waals surface area contributed by atoms with Crippen LogP contribution in [0.25, 0.3) is 10.9 Å². The first-order chi connectivity index (χ1) is 7.77. The molecule has 1 aromatic carbocycles. The fourth-order valence-electron chi connectivity index (χ4n) is 2.19. The van der Waals surface area contributed by atoms with Crippen LogP contribution in [0.1, 0.15) is 16.1 Å². The largest absolute Gasteiger partial charge is 0.477 e. The van der Waals surface area contributed by atoms with Gasteiger partial charge < -0.3 is 10.4 Å². The first-order valence-electron chi connectivity index (χ1n) is 5.16. The highest BCUT2D eigenvalue weighted by molar-refractivity contribution is 6.00. The smallest absolute Gasteiger partial charge is 0.354 e. The molecule has 0 unspecified atom stereocenters. The summed E-state index contributed by atoms with van der Waals surface area (Å²) in [5.41, 5.74) is 2.67. The van der Waals surface area contributed by atoms with Crippen LogP contribution in [0, 0.1) is 0 Å². The number of nitrogens with one attached hydrogen (secondary N) is 1.